The van der Waals surface area contributed by atoms with Gasteiger partial charge < -0.3 is 14.6 Å². The zero-order chi connectivity index (χ0) is 32.6. The summed E-state index contributed by atoms with van der Waals surface area (Å²) in [5.41, 5.74) is 2.55. The van der Waals surface area contributed by atoms with Crippen LogP contribution in [0.1, 0.15) is 129 Å². The fourth-order valence-electron chi connectivity index (χ4n) is 10.2. The second-order valence-corrected chi connectivity index (χ2v) is 16.4. The SMILES string of the molecule is CC[C@@]12CC[C@]3(C)C(=CC(SC(C)=O)c4c3cc(OC(C)=O)c(OC(C)=O)c4C)[C@@]1(C)CC[C@@]1(C)CC[C@@](C)(C(=O)O)C[C@H]12. The van der Waals surface area contributed by atoms with Crippen LogP contribution in [-0.4, -0.2) is 28.1 Å². The molecule has 3 fully saturated rings. The fourth-order valence-corrected chi connectivity index (χ4v) is 11.2. The van der Waals surface area contributed by atoms with Gasteiger partial charge in [0.05, 0.1) is 10.7 Å². The molecule has 0 spiro atoms. The Morgan fingerprint density at radius 3 is 2.14 bits per heavy atom. The smallest absolute Gasteiger partial charge is 0.309 e. The lowest BCUT2D eigenvalue weighted by atomic mass is 9.33. The van der Waals surface area contributed by atoms with Crippen LogP contribution in [0.4, 0.5) is 0 Å². The van der Waals surface area contributed by atoms with E-state index in [1.807, 2.05) is 19.9 Å². The number of hydrogen-bond donors (Lipinski definition) is 1. The largest absolute Gasteiger partial charge is 0.481 e. The van der Waals surface area contributed by atoms with Crippen molar-refractivity contribution in [2.75, 3.05) is 0 Å². The molecular formula is C36H48O7S. The summed E-state index contributed by atoms with van der Waals surface area (Å²) in [5, 5.41) is 10.0. The molecule has 0 saturated heterocycles. The van der Waals surface area contributed by atoms with Gasteiger partial charge in [-0.05, 0) is 105 Å². The second kappa shape index (κ2) is 10.7. The van der Waals surface area contributed by atoms with Crippen LogP contribution in [0.5, 0.6) is 11.5 Å². The summed E-state index contributed by atoms with van der Waals surface area (Å²) in [6, 6.07) is 1.88. The Kier molecular flexibility index (Phi) is 8.00. The van der Waals surface area contributed by atoms with Gasteiger partial charge in [-0.2, -0.15) is 0 Å². The van der Waals surface area contributed by atoms with Gasteiger partial charge in [0.1, 0.15) is 0 Å². The summed E-state index contributed by atoms with van der Waals surface area (Å²) in [6.45, 7) is 17.4. The number of carboxylic acids is 1. The maximum Gasteiger partial charge on any atom is 0.309 e. The van der Waals surface area contributed by atoms with Crippen molar-refractivity contribution in [3.63, 3.8) is 0 Å². The van der Waals surface area contributed by atoms with E-state index in [1.54, 1.807) is 6.92 Å². The number of allylic oxidation sites excluding steroid dienone is 1. The topological polar surface area (TPSA) is 107 Å². The molecule has 3 saturated carbocycles. The molecule has 7 atom stereocenters. The molecule has 0 bridgehead atoms. The van der Waals surface area contributed by atoms with Crippen molar-refractivity contribution in [2.45, 2.75) is 124 Å². The summed E-state index contributed by atoms with van der Waals surface area (Å²) < 4.78 is 11.3. The Balaban J connectivity index is 1.75. The third-order valence-electron chi connectivity index (χ3n) is 12.6. The number of hydrogen-bond acceptors (Lipinski definition) is 7. The highest BCUT2D eigenvalue weighted by molar-refractivity contribution is 8.13. The lowest BCUT2D eigenvalue weighted by Gasteiger charge is -2.71. The van der Waals surface area contributed by atoms with E-state index in [-0.39, 0.29) is 44.0 Å². The fraction of sp³-hybridized carbons (Fsp3) is 0.667. The first-order valence-corrected chi connectivity index (χ1v) is 16.9. The molecule has 0 aliphatic heterocycles. The molecule has 8 heteroatoms. The molecule has 0 heterocycles. The molecule has 1 aromatic rings. The van der Waals surface area contributed by atoms with Crippen LogP contribution in [0.15, 0.2) is 17.7 Å². The van der Waals surface area contributed by atoms with E-state index in [2.05, 4.69) is 33.8 Å². The number of thioether (sulfide) groups is 1. The number of benzene rings is 1. The minimum atomic E-state index is -0.741. The highest BCUT2D eigenvalue weighted by atomic mass is 32.2. The molecule has 240 valence electrons. The molecule has 1 N–H and O–H groups in total. The summed E-state index contributed by atoms with van der Waals surface area (Å²) >= 11 is 1.26. The summed E-state index contributed by atoms with van der Waals surface area (Å²) in [6.07, 6.45) is 9.38. The van der Waals surface area contributed by atoms with Crippen molar-refractivity contribution in [1.82, 2.24) is 0 Å². The molecule has 4 aliphatic carbocycles. The summed E-state index contributed by atoms with van der Waals surface area (Å²) in [7, 11) is 0. The minimum absolute atomic E-state index is 0.0117. The number of aliphatic carboxylic acids is 1. The Hall–Kier alpha value is -2.61. The summed E-state index contributed by atoms with van der Waals surface area (Å²) in [5.74, 6) is -1.02. The first-order valence-electron chi connectivity index (χ1n) is 16.1. The van der Waals surface area contributed by atoms with Crippen molar-refractivity contribution in [3.8, 4) is 11.5 Å². The van der Waals surface area contributed by atoms with E-state index in [1.165, 1.54) is 31.2 Å². The third-order valence-corrected chi connectivity index (χ3v) is 13.6. The number of carbonyl (C=O) groups excluding carboxylic acids is 3. The van der Waals surface area contributed by atoms with Crippen LogP contribution in [-0.2, 0) is 24.6 Å². The van der Waals surface area contributed by atoms with E-state index < -0.39 is 28.7 Å². The number of esters is 2. The number of fused-ring (bicyclic) bond motifs is 7. The van der Waals surface area contributed by atoms with Crippen molar-refractivity contribution < 1.29 is 33.8 Å². The third kappa shape index (κ3) is 4.68. The highest BCUT2D eigenvalue weighted by Gasteiger charge is 2.68. The number of carboxylic acid groups (broad SMARTS) is 1. The van der Waals surface area contributed by atoms with Gasteiger partial charge in [0, 0.05) is 31.7 Å². The molecule has 5 rings (SSSR count). The van der Waals surface area contributed by atoms with E-state index >= 15 is 0 Å². The zero-order valence-corrected chi connectivity index (χ0v) is 28.6. The van der Waals surface area contributed by atoms with E-state index in [9.17, 15) is 24.3 Å². The lowest BCUT2D eigenvalue weighted by molar-refractivity contribution is -0.183. The monoisotopic (exact) mass is 624 g/mol. The van der Waals surface area contributed by atoms with Gasteiger partial charge in [-0.15, -0.1) is 0 Å². The van der Waals surface area contributed by atoms with Gasteiger partial charge >= 0.3 is 17.9 Å². The van der Waals surface area contributed by atoms with Crippen LogP contribution in [0.2, 0.25) is 0 Å². The molecule has 0 radical (unpaired) electrons. The van der Waals surface area contributed by atoms with E-state index in [0.29, 0.717) is 18.4 Å². The number of carbonyl (C=O) groups is 4. The molecular weight excluding hydrogens is 576 g/mol. The standard InChI is InChI=1S/C36H48O7S/c1-10-36-16-14-34(8)24-17-25(42-21(3)37)30(43-22(4)38)20(2)29(24)26(44-23(5)39)18-27(34)35(36,9)15-13-32(6)11-12-33(7,31(40)41)19-28(32)36/h17-18,26,28H,10-16,19H2,1-9H3,(H,40,41)/t26?,28-,32-,33-,34+,35-,36+/m1/s1. The maximum absolute atomic E-state index is 12.7. The first kappa shape index (κ1) is 32.8. The number of ether oxygens (including phenoxy) is 2. The Morgan fingerprint density at radius 1 is 0.932 bits per heavy atom. The van der Waals surface area contributed by atoms with Crippen molar-refractivity contribution in [2.24, 2.45) is 27.6 Å². The van der Waals surface area contributed by atoms with E-state index in [0.717, 1.165) is 49.7 Å². The predicted molar refractivity (Wildman–Crippen MR) is 171 cm³/mol. The van der Waals surface area contributed by atoms with Gasteiger partial charge in [-0.25, -0.2) is 0 Å². The summed E-state index contributed by atoms with van der Waals surface area (Å²) in [4.78, 5) is 49.7. The first-order chi connectivity index (χ1) is 20.4. The molecule has 44 heavy (non-hydrogen) atoms. The van der Waals surface area contributed by atoms with Gasteiger partial charge in [-0.1, -0.05) is 51.1 Å². The lowest BCUT2D eigenvalue weighted by Crippen LogP contribution is -2.63. The molecule has 0 amide bonds. The molecule has 1 aromatic carbocycles. The van der Waals surface area contributed by atoms with Crippen molar-refractivity contribution >= 4 is 34.8 Å². The van der Waals surface area contributed by atoms with Gasteiger partial charge in [-0.3, -0.25) is 19.2 Å². The van der Waals surface area contributed by atoms with Crippen LogP contribution in [0.3, 0.4) is 0 Å². The quantitative estimate of drug-likeness (QED) is 0.198. The molecule has 0 aromatic heterocycles. The molecule has 7 nitrogen and oxygen atoms in total. The highest BCUT2D eigenvalue weighted by Crippen LogP contribution is 2.76. The number of rotatable bonds is 5. The Labute approximate surface area is 265 Å². The zero-order valence-electron chi connectivity index (χ0n) is 27.8. The van der Waals surface area contributed by atoms with Crippen LogP contribution < -0.4 is 9.47 Å². The maximum atomic E-state index is 12.7. The Bertz CT molecular complexity index is 1480. The Morgan fingerprint density at radius 2 is 1.57 bits per heavy atom. The molecule has 1 unspecified atom stereocenters. The average molecular weight is 625 g/mol. The predicted octanol–water partition coefficient (Wildman–Crippen LogP) is 8.25. The van der Waals surface area contributed by atoms with Gasteiger partial charge in [0.25, 0.3) is 0 Å². The van der Waals surface area contributed by atoms with Crippen LogP contribution in [0, 0.1) is 34.5 Å². The van der Waals surface area contributed by atoms with Gasteiger partial charge in [0.15, 0.2) is 16.6 Å². The van der Waals surface area contributed by atoms with E-state index in [4.69, 9.17) is 9.47 Å². The normalized spacial score (nSPS) is 37.3. The molecule has 4 aliphatic rings. The average Bonchev–Trinajstić information content (AvgIpc) is 2.92. The van der Waals surface area contributed by atoms with Crippen molar-refractivity contribution in [3.05, 3.63) is 34.4 Å². The van der Waals surface area contributed by atoms with Gasteiger partial charge in [0.2, 0.25) is 0 Å². The van der Waals surface area contributed by atoms with Crippen LogP contribution in [0.25, 0.3) is 0 Å². The van der Waals surface area contributed by atoms with Crippen LogP contribution >= 0.6 is 11.8 Å². The minimum Gasteiger partial charge on any atom is -0.481 e. The second-order valence-electron chi connectivity index (χ2n) is 15.0. The van der Waals surface area contributed by atoms with Crippen molar-refractivity contribution in [1.29, 1.82) is 0 Å².